The molecule has 0 aliphatic carbocycles. The molecule has 3 aromatic heterocycles. The Labute approximate surface area is 604 Å². The summed E-state index contributed by atoms with van der Waals surface area (Å²) in [6, 6.07) is 19.6. The number of piperidine rings is 4. The molecule has 6 aromatic carbocycles. The molecule has 25 heteroatoms. The third kappa shape index (κ3) is 15.1. The SMILES string of the molecule is COc1cc(/C=C2\CC[C@@H]3C=CC[C@@H](c4cc(F)c(F)c(F)c4)N3C2=O)ccc1-n1cnc(C)c1.COc1cc(/C=C2\CC[C@@H]3CC=C[C@H](c4cc(F)c(F)c(F)c4)N3C2=O)ccc1-n1cnc(C)c1.COc1cc(/C=C2\CC[C@@H]3C[C@@H](F)C[C@@H](c4cc(F)c(F)c(F)c4)N3C2=O)ccc1-n1cnc(C)c1. The van der Waals surface area contributed by atoms with E-state index >= 15 is 0 Å². The molecule has 9 aromatic rings. The standard InChI is InChI=1S/C27H25F4N3O2.2C27H24F3N3O2/c1-15-13-33(14-32-15)23-6-3-16(8-25(23)36-2)7-17-4-5-20-11-19(28)12-24(34(20)27(17)35)18-9-21(29)26(31)22(30)10-18;2*1-16-14-32(15-31-16)24-9-6-17(11-25(24)35-2)10-18-7-8-20-4-3-5-23(33(20)27(18)34)19-12-21(28)26(30)22(29)13-19/h3,6-10,13-14,19-20,24H,4-5,11-12H2,1-2H3;3,5-6,9-15,20,23H,4,7-8H2,1-2H3;3-4,6,9-15,20,23H,5,7-8H2,1-2H3/b17-7+;2*18-10+/t19-,20-,24+;20-,23+;20-,23-/m100/s1. The number of hydrogen-bond acceptors (Lipinski definition) is 9. The Morgan fingerprint density at radius 2 is 0.802 bits per heavy atom. The van der Waals surface area contributed by atoms with Gasteiger partial charge < -0.3 is 42.6 Å². The van der Waals surface area contributed by atoms with Gasteiger partial charge in [-0.1, -0.05) is 42.5 Å². The molecule has 0 saturated carbocycles. The second-order valence-corrected chi connectivity index (χ2v) is 27.0. The van der Waals surface area contributed by atoms with Gasteiger partial charge in [-0.05, 0) is 203 Å². The lowest BCUT2D eigenvalue weighted by Crippen LogP contribution is -2.51. The minimum atomic E-state index is -1.59. The summed E-state index contributed by atoms with van der Waals surface area (Å²) in [5, 5.41) is 0. The number of nitrogens with zero attached hydrogens (tertiary/aromatic N) is 9. The van der Waals surface area contributed by atoms with Crippen molar-refractivity contribution in [3.05, 3.63) is 272 Å². The average Bonchev–Trinajstić information content (AvgIpc) is 0.950. The molecule has 7 atom stereocenters. The van der Waals surface area contributed by atoms with Crippen LogP contribution in [0, 0.1) is 73.1 Å². The highest BCUT2D eigenvalue weighted by atomic mass is 19.2. The van der Waals surface area contributed by atoms with E-state index in [0.29, 0.717) is 85.3 Å². The number of hydrogen-bond donors (Lipinski definition) is 0. The van der Waals surface area contributed by atoms with Gasteiger partial charge in [0.1, 0.15) is 23.4 Å². The molecular formula is C81H73F10N9O6. The van der Waals surface area contributed by atoms with Crippen LogP contribution >= 0.6 is 0 Å². The van der Waals surface area contributed by atoms with Gasteiger partial charge in [-0.15, -0.1) is 0 Å². The summed E-state index contributed by atoms with van der Waals surface area (Å²) in [4.78, 5) is 58.2. The smallest absolute Gasteiger partial charge is 0.250 e. The highest BCUT2D eigenvalue weighted by Gasteiger charge is 2.44. The van der Waals surface area contributed by atoms with Crippen LogP contribution in [0.5, 0.6) is 17.2 Å². The summed E-state index contributed by atoms with van der Waals surface area (Å²) < 4.78 is 161. The predicted octanol–water partition coefficient (Wildman–Crippen LogP) is 17.2. The van der Waals surface area contributed by atoms with Gasteiger partial charge in [-0.25, -0.2) is 58.9 Å². The lowest BCUT2D eigenvalue weighted by Gasteiger charge is -2.46. The van der Waals surface area contributed by atoms with Crippen molar-refractivity contribution in [1.82, 2.24) is 43.4 Å². The first-order valence-electron chi connectivity index (χ1n) is 34.5. The van der Waals surface area contributed by atoms with E-state index in [1.807, 2.05) is 138 Å². The number of amides is 3. The fourth-order valence-electron chi connectivity index (χ4n) is 14.9. The number of carbonyl (C=O) groups is 3. The van der Waals surface area contributed by atoms with Crippen LogP contribution in [0.3, 0.4) is 0 Å². The van der Waals surface area contributed by atoms with E-state index in [2.05, 4.69) is 15.0 Å². The topological polar surface area (TPSA) is 142 Å². The molecule has 15 rings (SSSR count). The molecule has 0 radical (unpaired) electrons. The van der Waals surface area contributed by atoms with Crippen LogP contribution in [0.15, 0.2) is 170 Å². The summed E-state index contributed by atoms with van der Waals surface area (Å²) in [5.74, 6) is -11.2. The number of ether oxygens (including phenoxy) is 3. The molecule has 106 heavy (non-hydrogen) atoms. The van der Waals surface area contributed by atoms with Gasteiger partial charge in [0.25, 0.3) is 17.7 Å². The fourth-order valence-corrected chi connectivity index (χ4v) is 14.9. The molecular weight excluding hydrogens is 1380 g/mol. The lowest BCUT2D eigenvalue weighted by molar-refractivity contribution is -0.138. The highest BCUT2D eigenvalue weighted by molar-refractivity contribution is 6.01. The maximum atomic E-state index is 14.6. The first-order chi connectivity index (χ1) is 50.9. The molecule has 4 fully saturated rings. The molecule has 0 spiro atoms. The van der Waals surface area contributed by atoms with Crippen molar-refractivity contribution in [2.24, 2.45) is 0 Å². The van der Waals surface area contributed by atoms with E-state index in [4.69, 9.17) is 14.2 Å². The monoisotopic (exact) mass is 1460 g/mol. The zero-order valence-corrected chi connectivity index (χ0v) is 58.5. The maximum Gasteiger partial charge on any atom is 0.250 e. The van der Waals surface area contributed by atoms with Crippen molar-refractivity contribution < 1.29 is 72.5 Å². The Balaban J connectivity index is 0.000000141. The van der Waals surface area contributed by atoms with Crippen LogP contribution in [0.4, 0.5) is 43.9 Å². The molecule has 3 amide bonds. The molecule has 15 nitrogen and oxygen atoms in total. The zero-order chi connectivity index (χ0) is 74.9. The molecule has 548 valence electrons. The largest absolute Gasteiger partial charge is 0.495 e. The second-order valence-electron chi connectivity index (χ2n) is 27.0. The van der Waals surface area contributed by atoms with E-state index in [0.717, 1.165) is 87.2 Å². The number of carbonyl (C=O) groups excluding carboxylic acids is 3. The number of fused-ring (bicyclic) bond motifs is 3. The quantitative estimate of drug-likeness (QED) is 0.0506. The van der Waals surface area contributed by atoms with Crippen LogP contribution in [0.1, 0.15) is 133 Å². The summed E-state index contributed by atoms with van der Waals surface area (Å²) >= 11 is 0. The molecule has 9 heterocycles. The van der Waals surface area contributed by atoms with Gasteiger partial charge >= 0.3 is 0 Å². The third-order valence-corrected chi connectivity index (χ3v) is 20.0. The number of alkyl halides is 1. The van der Waals surface area contributed by atoms with Gasteiger partial charge in [0.2, 0.25) is 0 Å². The Bertz CT molecular complexity index is 4880. The molecule has 0 N–H and O–H groups in total. The molecule has 6 aliphatic heterocycles. The van der Waals surface area contributed by atoms with Crippen LogP contribution < -0.4 is 14.2 Å². The first-order valence-corrected chi connectivity index (χ1v) is 34.5. The van der Waals surface area contributed by atoms with Crippen LogP contribution in [0.25, 0.3) is 35.3 Å². The number of rotatable bonds is 12. The van der Waals surface area contributed by atoms with Crippen LogP contribution in [-0.2, 0) is 14.4 Å². The highest BCUT2D eigenvalue weighted by Crippen LogP contribution is 2.45. The van der Waals surface area contributed by atoms with Crippen LogP contribution in [0.2, 0.25) is 0 Å². The Hall–Kier alpha value is -11.2. The fraction of sp³-hybridized carbons (Fsp3) is 0.284. The predicted molar refractivity (Wildman–Crippen MR) is 377 cm³/mol. The number of methoxy groups -OCH3 is 3. The van der Waals surface area contributed by atoms with Gasteiger partial charge in [0.15, 0.2) is 52.4 Å². The minimum Gasteiger partial charge on any atom is -0.495 e. The van der Waals surface area contributed by atoms with Gasteiger partial charge in [-0.2, -0.15) is 0 Å². The first kappa shape index (κ1) is 73.1. The lowest BCUT2D eigenvalue weighted by atomic mass is 9.83. The number of imidazole rings is 3. The summed E-state index contributed by atoms with van der Waals surface area (Å²) in [6.45, 7) is 5.69. The van der Waals surface area contributed by atoms with Crippen LogP contribution in [-0.4, -0.2) is 107 Å². The van der Waals surface area contributed by atoms with E-state index in [1.165, 1.54) is 4.90 Å². The zero-order valence-electron chi connectivity index (χ0n) is 58.5. The average molecular weight is 1460 g/mol. The number of benzene rings is 6. The number of aromatic nitrogens is 6. The van der Waals surface area contributed by atoms with Crippen molar-refractivity contribution in [3.63, 3.8) is 0 Å². The second kappa shape index (κ2) is 30.8. The Kier molecular flexibility index (Phi) is 21.3. The molecule has 0 bridgehead atoms. The van der Waals surface area contributed by atoms with E-state index in [1.54, 1.807) is 62.3 Å². The van der Waals surface area contributed by atoms with Crippen molar-refractivity contribution >= 4 is 35.9 Å². The summed E-state index contributed by atoms with van der Waals surface area (Å²) in [7, 11) is 4.73. The molecule has 0 unspecified atom stereocenters. The summed E-state index contributed by atoms with van der Waals surface area (Å²) in [5.41, 5.74) is 9.60. The van der Waals surface area contributed by atoms with Crippen molar-refractivity contribution in [2.75, 3.05) is 21.3 Å². The van der Waals surface area contributed by atoms with E-state index < -0.39 is 82.7 Å². The van der Waals surface area contributed by atoms with E-state index in [9.17, 15) is 58.3 Å². The van der Waals surface area contributed by atoms with E-state index in [-0.39, 0.29) is 59.3 Å². The normalized spacial score (nSPS) is 21.7. The van der Waals surface area contributed by atoms with Gasteiger partial charge in [0.05, 0.1) is 98.6 Å². The van der Waals surface area contributed by atoms with Crippen molar-refractivity contribution in [1.29, 1.82) is 0 Å². The Morgan fingerprint density at radius 1 is 0.425 bits per heavy atom. The number of halogens is 10. The minimum absolute atomic E-state index is 0.0509. The maximum absolute atomic E-state index is 14.6. The number of aryl methyl sites for hydroxylation is 3. The third-order valence-electron chi connectivity index (χ3n) is 20.0. The van der Waals surface area contributed by atoms with Crippen molar-refractivity contribution in [3.8, 4) is 34.3 Å². The Morgan fingerprint density at radius 3 is 1.22 bits per heavy atom. The van der Waals surface area contributed by atoms with Gasteiger partial charge in [-0.3, -0.25) is 14.4 Å². The van der Waals surface area contributed by atoms with Crippen molar-refractivity contribution in [2.45, 2.75) is 127 Å². The van der Waals surface area contributed by atoms with Gasteiger partial charge in [0, 0.05) is 53.8 Å². The summed E-state index contributed by atoms with van der Waals surface area (Å²) in [6.07, 6.45) is 27.1. The molecule has 4 saturated heterocycles. The molecule has 6 aliphatic rings.